The smallest absolute Gasteiger partial charge is 0.119 e. The number of aromatic nitrogens is 2. The van der Waals surface area contributed by atoms with E-state index < -0.39 is 0 Å². The Labute approximate surface area is 178 Å². The normalized spacial score (nSPS) is 10.3. The zero-order chi connectivity index (χ0) is 21.8. The topological polar surface area (TPSA) is 69.0 Å². The molecular formula is C23H31N3O4. The lowest BCUT2D eigenvalue weighted by atomic mass is 10.1. The number of aliphatic hydroxyl groups is 1. The summed E-state index contributed by atoms with van der Waals surface area (Å²) >= 11 is 0. The van der Waals surface area contributed by atoms with Crippen LogP contribution in [0.5, 0.6) is 5.75 Å². The summed E-state index contributed by atoms with van der Waals surface area (Å²) in [5.74, 6) is 0.834. The van der Waals surface area contributed by atoms with Gasteiger partial charge in [0.05, 0.1) is 31.8 Å². The number of anilines is 1. The van der Waals surface area contributed by atoms with Gasteiger partial charge in [-0.15, -0.1) is 0 Å². The zero-order valence-corrected chi connectivity index (χ0v) is 18.1. The fourth-order valence-corrected chi connectivity index (χ4v) is 2.59. The molecule has 1 aromatic heterocycles. The van der Waals surface area contributed by atoms with Gasteiger partial charge in [-0.3, -0.25) is 0 Å². The number of methoxy groups -OCH3 is 2. The van der Waals surface area contributed by atoms with Crippen molar-refractivity contribution in [1.82, 2.24) is 9.55 Å². The van der Waals surface area contributed by atoms with E-state index in [1.54, 1.807) is 14.2 Å². The molecule has 3 aromatic rings. The number of nitrogens with zero attached hydrogens (tertiary/aromatic N) is 3. The summed E-state index contributed by atoms with van der Waals surface area (Å²) in [5, 5.41) is 7.94. The number of benzene rings is 2. The summed E-state index contributed by atoms with van der Waals surface area (Å²) in [6.07, 6.45) is 3.86. The van der Waals surface area contributed by atoms with Crippen LogP contribution in [0.3, 0.4) is 0 Å². The molecule has 0 radical (unpaired) electrons. The molecule has 0 saturated heterocycles. The molecule has 0 amide bonds. The van der Waals surface area contributed by atoms with E-state index in [9.17, 15) is 0 Å². The Kier molecular flexibility index (Phi) is 9.86. The zero-order valence-electron chi connectivity index (χ0n) is 18.1. The standard InChI is InChI=1S/C20H23N3O2.C3H8O2/c1-22(2)17-6-4-16(5-7-17)20-14-23(15-21-20)18-8-10-19(11-9-18)25-13-12-24-3;1-5-3-2-4/h4-11,14-15H,12-13H2,1-3H3;4H,2-3H2,1H3. The lowest BCUT2D eigenvalue weighted by Crippen LogP contribution is -2.07. The third-order valence-corrected chi connectivity index (χ3v) is 4.25. The second-order valence-electron chi connectivity index (χ2n) is 6.66. The Hall–Kier alpha value is -2.87. The molecule has 0 aliphatic heterocycles. The van der Waals surface area contributed by atoms with E-state index in [2.05, 4.69) is 38.9 Å². The predicted molar refractivity (Wildman–Crippen MR) is 120 cm³/mol. The average Bonchev–Trinajstić information content (AvgIpc) is 3.26. The third-order valence-electron chi connectivity index (χ3n) is 4.25. The van der Waals surface area contributed by atoms with Crippen LogP contribution < -0.4 is 9.64 Å². The highest BCUT2D eigenvalue weighted by atomic mass is 16.5. The molecule has 0 saturated carbocycles. The number of hydrogen-bond donors (Lipinski definition) is 1. The molecule has 2 aromatic carbocycles. The molecule has 30 heavy (non-hydrogen) atoms. The van der Waals surface area contributed by atoms with Crippen molar-refractivity contribution in [2.45, 2.75) is 0 Å². The van der Waals surface area contributed by atoms with E-state index >= 15 is 0 Å². The number of rotatable bonds is 9. The van der Waals surface area contributed by atoms with Crippen molar-refractivity contribution in [3.8, 4) is 22.7 Å². The Morgan fingerprint density at radius 2 is 1.57 bits per heavy atom. The minimum absolute atomic E-state index is 0.122. The van der Waals surface area contributed by atoms with E-state index in [0.29, 0.717) is 19.8 Å². The Bertz CT molecular complexity index is 844. The van der Waals surface area contributed by atoms with Crippen LogP contribution in [0.25, 0.3) is 16.9 Å². The fraction of sp³-hybridized carbons (Fsp3) is 0.348. The summed E-state index contributed by atoms with van der Waals surface area (Å²) in [6, 6.07) is 16.3. The summed E-state index contributed by atoms with van der Waals surface area (Å²) in [6.45, 7) is 1.70. The highest BCUT2D eigenvalue weighted by molar-refractivity contribution is 5.63. The lowest BCUT2D eigenvalue weighted by molar-refractivity contribution is 0.135. The van der Waals surface area contributed by atoms with Gasteiger partial charge in [-0.05, 0) is 36.4 Å². The fourth-order valence-electron chi connectivity index (χ4n) is 2.59. The highest BCUT2D eigenvalue weighted by Crippen LogP contribution is 2.23. The average molecular weight is 414 g/mol. The van der Waals surface area contributed by atoms with E-state index in [1.165, 1.54) is 5.69 Å². The SMILES string of the molecule is COCCO.COCCOc1ccc(-n2cnc(-c3ccc(N(C)C)cc3)c2)cc1. The van der Waals surface area contributed by atoms with Crippen LogP contribution in [-0.4, -0.2) is 69.4 Å². The highest BCUT2D eigenvalue weighted by Gasteiger charge is 2.05. The number of hydrogen-bond acceptors (Lipinski definition) is 6. The second kappa shape index (κ2) is 12.6. The molecule has 0 unspecified atom stereocenters. The van der Waals surface area contributed by atoms with Gasteiger partial charge in [0.15, 0.2) is 0 Å². The quantitative estimate of drug-likeness (QED) is 0.543. The lowest BCUT2D eigenvalue weighted by Gasteiger charge is -2.12. The maximum atomic E-state index is 7.94. The van der Waals surface area contributed by atoms with Crippen LogP contribution >= 0.6 is 0 Å². The molecule has 1 N–H and O–H groups in total. The van der Waals surface area contributed by atoms with Crippen molar-refractivity contribution < 1.29 is 19.3 Å². The van der Waals surface area contributed by atoms with Crippen molar-refractivity contribution in [3.63, 3.8) is 0 Å². The first kappa shape index (κ1) is 23.4. The van der Waals surface area contributed by atoms with Crippen molar-refractivity contribution in [2.24, 2.45) is 0 Å². The van der Waals surface area contributed by atoms with Crippen LogP contribution in [0.15, 0.2) is 61.1 Å². The molecule has 0 bridgehead atoms. The Balaban J connectivity index is 0.000000575. The largest absolute Gasteiger partial charge is 0.491 e. The van der Waals surface area contributed by atoms with E-state index in [0.717, 1.165) is 22.7 Å². The van der Waals surface area contributed by atoms with Crippen molar-refractivity contribution >= 4 is 5.69 Å². The van der Waals surface area contributed by atoms with Crippen LogP contribution in [0.1, 0.15) is 0 Å². The third kappa shape index (κ3) is 7.18. The molecule has 1 heterocycles. The van der Waals surface area contributed by atoms with Gasteiger partial charge in [-0.1, -0.05) is 12.1 Å². The minimum Gasteiger partial charge on any atom is -0.491 e. The number of ether oxygens (including phenoxy) is 3. The van der Waals surface area contributed by atoms with Crippen molar-refractivity contribution in [1.29, 1.82) is 0 Å². The van der Waals surface area contributed by atoms with Gasteiger partial charge in [0.2, 0.25) is 0 Å². The van der Waals surface area contributed by atoms with E-state index in [1.807, 2.05) is 55.5 Å². The summed E-state index contributed by atoms with van der Waals surface area (Å²) < 4.78 is 17.0. The van der Waals surface area contributed by atoms with Crippen molar-refractivity contribution in [2.75, 3.05) is 59.6 Å². The summed E-state index contributed by atoms with van der Waals surface area (Å²) in [4.78, 5) is 6.60. The van der Waals surface area contributed by atoms with E-state index in [4.69, 9.17) is 14.6 Å². The van der Waals surface area contributed by atoms with Gasteiger partial charge in [0, 0.05) is 51.5 Å². The molecule has 0 fully saturated rings. The molecule has 7 nitrogen and oxygen atoms in total. The Morgan fingerprint density at radius 1 is 0.900 bits per heavy atom. The van der Waals surface area contributed by atoms with Gasteiger partial charge in [0.25, 0.3) is 0 Å². The molecule has 0 aliphatic rings. The number of imidazole rings is 1. The summed E-state index contributed by atoms with van der Waals surface area (Å²) in [7, 11) is 7.28. The van der Waals surface area contributed by atoms with Crippen LogP contribution in [0.2, 0.25) is 0 Å². The molecule has 0 spiro atoms. The molecule has 0 atom stereocenters. The molecule has 162 valence electrons. The molecular weight excluding hydrogens is 382 g/mol. The van der Waals surface area contributed by atoms with Gasteiger partial charge >= 0.3 is 0 Å². The maximum absolute atomic E-state index is 7.94. The number of aliphatic hydroxyl groups excluding tert-OH is 1. The minimum atomic E-state index is 0.122. The predicted octanol–water partition coefficient (Wildman–Crippen LogP) is 3.26. The molecule has 0 aliphatic carbocycles. The van der Waals surface area contributed by atoms with Gasteiger partial charge in [-0.25, -0.2) is 4.98 Å². The summed E-state index contributed by atoms with van der Waals surface area (Å²) in [5.41, 5.74) is 4.27. The molecule has 7 heteroatoms. The monoisotopic (exact) mass is 413 g/mol. The van der Waals surface area contributed by atoms with Crippen LogP contribution in [0.4, 0.5) is 5.69 Å². The van der Waals surface area contributed by atoms with Crippen molar-refractivity contribution in [3.05, 3.63) is 61.1 Å². The molecule has 3 rings (SSSR count). The first-order chi connectivity index (χ1) is 14.6. The van der Waals surface area contributed by atoms with Crippen LogP contribution in [0, 0.1) is 0 Å². The first-order valence-corrected chi connectivity index (χ1v) is 9.72. The van der Waals surface area contributed by atoms with Crippen LogP contribution in [-0.2, 0) is 9.47 Å². The van der Waals surface area contributed by atoms with Gasteiger partial charge in [-0.2, -0.15) is 0 Å². The van der Waals surface area contributed by atoms with E-state index in [-0.39, 0.29) is 6.61 Å². The Morgan fingerprint density at radius 3 is 2.10 bits per heavy atom. The van der Waals surface area contributed by atoms with Gasteiger partial charge in [0.1, 0.15) is 12.4 Å². The second-order valence-corrected chi connectivity index (χ2v) is 6.66. The maximum Gasteiger partial charge on any atom is 0.119 e. The first-order valence-electron chi connectivity index (χ1n) is 9.72. The van der Waals surface area contributed by atoms with Gasteiger partial charge < -0.3 is 28.8 Å².